The molecule has 0 saturated carbocycles. The summed E-state index contributed by atoms with van der Waals surface area (Å²) in [6, 6.07) is 10.5. The number of thiazole rings is 1. The summed E-state index contributed by atoms with van der Waals surface area (Å²) in [6.07, 6.45) is 1.47. The maximum absolute atomic E-state index is 12.0. The molecule has 2 rings (SSSR count). The van der Waals surface area contributed by atoms with Crippen LogP contribution in [0, 0.1) is 6.92 Å². The van der Waals surface area contributed by atoms with Crippen LogP contribution in [0.1, 0.15) is 16.1 Å². The molecule has 0 amide bonds. The van der Waals surface area contributed by atoms with Crippen LogP contribution in [0.3, 0.4) is 0 Å². The number of carbonyl (C=O) groups is 1. The van der Waals surface area contributed by atoms with Gasteiger partial charge in [-0.1, -0.05) is 30.3 Å². The summed E-state index contributed by atoms with van der Waals surface area (Å²) in [5.74, 6) is 0.236. The minimum Gasteiger partial charge on any atom is -0.351 e. The molecule has 0 fully saturated rings. The van der Waals surface area contributed by atoms with Crippen LogP contribution in [0.15, 0.2) is 30.3 Å². The number of Topliss-reactive ketones (excluding diaryl/α,β-unsaturated/α-hetero) is 1. The third kappa shape index (κ3) is 5.44. The average molecular weight is 331 g/mol. The van der Waals surface area contributed by atoms with E-state index in [0.717, 1.165) is 28.7 Å². The molecular weight excluding hydrogens is 306 g/mol. The number of benzene rings is 1. The number of nitrogens with zero attached hydrogens (tertiary/aromatic N) is 3. The molecule has 0 aliphatic carbocycles. The van der Waals surface area contributed by atoms with Crippen LogP contribution in [-0.4, -0.2) is 49.9 Å². The highest BCUT2D eigenvalue weighted by Crippen LogP contribution is 2.26. The Hall–Kier alpha value is -1.72. The van der Waals surface area contributed by atoms with Gasteiger partial charge in [-0.15, -0.1) is 11.3 Å². The Labute approximate surface area is 142 Å². The molecule has 1 aromatic heterocycles. The van der Waals surface area contributed by atoms with Gasteiger partial charge in [0.15, 0.2) is 10.9 Å². The first-order valence-electron chi connectivity index (χ1n) is 7.83. The standard InChI is InChI=1S/C18H25N3OS/c1-14-17(12-16(22)13-20(2)3)23-18(19-14)21(4)11-10-15-8-6-5-7-9-15/h5-9H,10-13H2,1-4H3. The van der Waals surface area contributed by atoms with Crippen molar-refractivity contribution in [3.8, 4) is 0 Å². The van der Waals surface area contributed by atoms with Gasteiger partial charge in [0.25, 0.3) is 0 Å². The molecule has 0 N–H and O–H groups in total. The second-order valence-electron chi connectivity index (χ2n) is 6.12. The molecule has 0 spiro atoms. The van der Waals surface area contributed by atoms with Crippen molar-refractivity contribution in [3.63, 3.8) is 0 Å². The lowest BCUT2D eigenvalue weighted by Crippen LogP contribution is -2.22. The zero-order valence-electron chi connectivity index (χ0n) is 14.4. The molecule has 0 atom stereocenters. The molecule has 0 saturated heterocycles. The lowest BCUT2D eigenvalue weighted by atomic mass is 10.1. The van der Waals surface area contributed by atoms with Gasteiger partial charge in [-0.3, -0.25) is 4.79 Å². The van der Waals surface area contributed by atoms with Crippen molar-refractivity contribution >= 4 is 22.3 Å². The first-order chi connectivity index (χ1) is 11.0. The molecule has 124 valence electrons. The van der Waals surface area contributed by atoms with Gasteiger partial charge in [0.1, 0.15) is 0 Å². The summed E-state index contributed by atoms with van der Waals surface area (Å²) < 4.78 is 0. The highest BCUT2D eigenvalue weighted by Gasteiger charge is 2.14. The Kier molecular flexibility index (Phi) is 6.30. The van der Waals surface area contributed by atoms with Crippen molar-refractivity contribution in [2.24, 2.45) is 0 Å². The van der Waals surface area contributed by atoms with Crippen LogP contribution < -0.4 is 4.90 Å². The predicted molar refractivity (Wildman–Crippen MR) is 97.5 cm³/mol. The number of carbonyl (C=O) groups excluding carboxylic acids is 1. The van der Waals surface area contributed by atoms with Gasteiger partial charge in [-0.05, 0) is 33.0 Å². The smallest absolute Gasteiger partial charge is 0.185 e. The zero-order chi connectivity index (χ0) is 16.8. The van der Waals surface area contributed by atoms with E-state index in [4.69, 9.17) is 0 Å². The monoisotopic (exact) mass is 331 g/mol. The SMILES string of the molecule is Cc1nc(N(C)CCc2ccccc2)sc1CC(=O)CN(C)C. The number of aryl methyl sites for hydroxylation is 1. The Bertz CT molecular complexity index is 637. The molecule has 4 nitrogen and oxygen atoms in total. The Morgan fingerprint density at radius 1 is 1.17 bits per heavy atom. The van der Waals surface area contributed by atoms with Gasteiger partial charge in [0.2, 0.25) is 0 Å². The number of ketones is 1. The van der Waals surface area contributed by atoms with Crippen LogP contribution in [0.2, 0.25) is 0 Å². The lowest BCUT2D eigenvalue weighted by Gasteiger charge is -2.15. The summed E-state index contributed by atoms with van der Waals surface area (Å²) in [7, 11) is 5.90. The molecule has 0 aliphatic rings. The van der Waals surface area contributed by atoms with Gasteiger partial charge in [-0.2, -0.15) is 0 Å². The number of likely N-dealkylation sites (N-methyl/N-ethyl adjacent to an activating group) is 2. The van der Waals surface area contributed by atoms with Crippen molar-refractivity contribution in [1.29, 1.82) is 0 Å². The Balaban J connectivity index is 1.95. The topological polar surface area (TPSA) is 36.4 Å². The molecule has 0 bridgehead atoms. The minimum atomic E-state index is 0.236. The number of aromatic nitrogens is 1. The van der Waals surface area contributed by atoms with E-state index in [1.165, 1.54) is 5.56 Å². The van der Waals surface area contributed by atoms with Crippen LogP contribution in [0.4, 0.5) is 5.13 Å². The number of hydrogen-bond donors (Lipinski definition) is 0. The van der Waals surface area contributed by atoms with E-state index in [2.05, 4.69) is 41.2 Å². The molecular formula is C18H25N3OS. The largest absolute Gasteiger partial charge is 0.351 e. The van der Waals surface area contributed by atoms with Gasteiger partial charge in [-0.25, -0.2) is 4.98 Å². The number of hydrogen-bond acceptors (Lipinski definition) is 5. The van der Waals surface area contributed by atoms with Crippen LogP contribution in [-0.2, 0) is 17.6 Å². The molecule has 5 heteroatoms. The second-order valence-corrected chi connectivity index (χ2v) is 7.18. The third-order valence-electron chi connectivity index (χ3n) is 3.64. The van der Waals surface area contributed by atoms with E-state index in [0.29, 0.717) is 13.0 Å². The minimum absolute atomic E-state index is 0.236. The maximum Gasteiger partial charge on any atom is 0.185 e. The Morgan fingerprint density at radius 2 is 1.87 bits per heavy atom. The van der Waals surface area contributed by atoms with Crippen LogP contribution in [0.5, 0.6) is 0 Å². The fraction of sp³-hybridized carbons (Fsp3) is 0.444. The highest BCUT2D eigenvalue weighted by molar-refractivity contribution is 7.15. The average Bonchev–Trinajstić information content (AvgIpc) is 2.86. The first kappa shape index (κ1) is 17.6. The molecule has 0 unspecified atom stereocenters. The number of anilines is 1. The van der Waals surface area contributed by atoms with E-state index in [1.54, 1.807) is 11.3 Å². The molecule has 2 aromatic rings. The lowest BCUT2D eigenvalue weighted by molar-refractivity contribution is -0.118. The third-order valence-corrected chi connectivity index (χ3v) is 4.91. The van der Waals surface area contributed by atoms with Crippen molar-refractivity contribution in [3.05, 3.63) is 46.5 Å². The second kappa shape index (κ2) is 8.22. The summed E-state index contributed by atoms with van der Waals surface area (Å²) in [5.41, 5.74) is 2.30. The maximum atomic E-state index is 12.0. The fourth-order valence-electron chi connectivity index (χ4n) is 2.36. The molecule has 23 heavy (non-hydrogen) atoms. The van der Waals surface area contributed by atoms with Crippen LogP contribution >= 0.6 is 11.3 Å². The highest BCUT2D eigenvalue weighted by atomic mass is 32.1. The fourth-order valence-corrected chi connectivity index (χ4v) is 3.44. The van der Waals surface area contributed by atoms with Gasteiger partial charge in [0.05, 0.1) is 12.2 Å². The zero-order valence-corrected chi connectivity index (χ0v) is 15.2. The van der Waals surface area contributed by atoms with Crippen molar-refractivity contribution in [2.45, 2.75) is 19.8 Å². The van der Waals surface area contributed by atoms with E-state index in [9.17, 15) is 4.79 Å². The normalized spacial score (nSPS) is 11.0. The van der Waals surface area contributed by atoms with Gasteiger partial charge >= 0.3 is 0 Å². The quantitative estimate of drug-likeness (QED) is 0.745. The van der Waals surface area contributed by atoms with E-state index >= 15 is 0 Å². The van der Waals surface area contributed by atoms with Crippen LogP contribution in [0.25, 0.3) is 0 Å². The van der Waals surface area contributed by atoms with E-state index in [-0.39, 0.29) is 5.78 Å². The van der Waals surface area contributed by atoms with E-state index < -0.39 is 0 Å². The predicted octanol–water partition coefficient (Wildman–Crippen LogP) is 2.80. The molecule has 1 aromatic carbocycles. The molecule has 0 aliphatic heterocycles. The number of rotatable bonds is 8. The summed E-state index contributed by atoms with van der Waals surface area (Å²) in [4.78, 5) is 21.8. The first-order valence-corrected chi connectivity index (χ1v) is 8.65. The Morgan fingerprint density at radius 3 is 2.52 bits per heavy atom. The summed E-state index contributed by atoms with van der Waals surface area (Å²) in [6.45, 7) is 3.39. The van der Waals surface area contributed by atoms with E-state index in [1.807, 2.05) is 32.0 Å². The van der Waals surface area contributed by atoms with Gasteiger partial charge < -0.3 is 9.80 Å². The summed E-state index contributed by atoms with van der Waals surface area (Å²) >= 11 is 1.63. The summed E-state index contributed by atoms with van der Waals surface area (Å²) in [5, 5.41) is 0.992. The van der Waals surface area contributed by atoms with Gasteiger partial charge in [0, 0.05) is 24.9 Å². The van der Waals surface area contributed by atoms with Crippen molar-refractivity contribution in [2.75, 3.05) is 39.1 Å². The molecule has 0 radical (unpaired) electrons. The van der Waals surface area contributed by atoms with Crippen molar-refractivity contribution in [1.82, 2.24) is 9.88 Å². The molecule has 1 heterocycles. The van der Waals surface area contributed by atoms with Crippen molar-refractivity contribution < 1.29 is 4.79 Å².